The lowest BCUT2D eigenvalue weighted by molar-refractivity contribution is 0.0955. The Morgan fingerprint density at radius 1 is 1.39 bits per heavy atom. The Bertz CT molecular complexity index is 394. The van der Waals surface area contributed by atoms with Crippen LogP contribution in [0.3, 0.4) is 0 Å². The second-order valence-electron chi connectivity index (χ2n) is 3.81. The molecule has 18 heavy (non-hydrogen) atoms. The predicted molar refractivity (Wildman–Crippen MR) is 70.8 cm³/mol. The topological polar surface area (TPSA) is 73.6 Å². The maximum Gasteiger partial charge on any atom is 0.251 e. The van der Waals surface area contributed by atoms with Crippen LogP contribution in [-0.2, 0) is 4.74 Å². The van der Waals surface area contributed by atoms with Gasteiger partial charge in [-0.1, -0.05) is 0 Å². The number of anilines is 1. The molecule has 0 fully saturated rings. The van der Waals surface area contributed by atoms with Gasteiger partial charge in [0.1, 0.15) is 5.75 Å². The van der Waals surface area contributed by atoms with Gasteiger partial charge >= 0.3 is 0 Å². The van der Waals surface area contributed by atoms with E-state index in [1.54, 1.807) is 25.3 Å². The van der Waals surface area contributed by atoms with Crippen molar-refractivity contribution in [3.63, 3.8) is 0 Å². The van der Waals surface area contributed by atoms with Crippen molar-refractivity contribution in [2.24, 2.45) is 0 Å². The Morgan fingerprint density at radius 2 is 2.17 bits per heavy atom. The number of rotatable bonds is 7. The van der Waals surface area contributed by atoms with Gasteiger partial charge in [-0.15, -0.1) is 0 Å². The SMILES string of the molecule is CCNC(=O)c1ccc(N)c(OCCCOC)c1. The number of ether oxygens (including phenoxy) is 2. The molecule has 0 spiro atoms. The summed E-state index contributed by atoms with van der Waals surface area (Å²) in [5.74, 6) is 0.411. The molecule has 0 bridgehead atoms. The van der Waals surface area contributed by atoms with Gasteiger partial charge in [-0.05, 0) is 25.1 Å². The minimum absolute atomic E-state index is 0.126. The fraction of sp³-hybridized carbons (Fsp3) is 0.462. The summed E-state index contributed by atoms with van der Waals surface area (Å²) in [5.41, 5.74) is 6.87. The summed E-state index contributed by atoms with van der Waals surface area (Å²) < 4.78 is 10.5. The molecule has 1 aromatic rings. The molecule has 1 aromatic carbocycles. The van der Waals surface area contributed by atoms with E-state index in [1.807, 2.05) is 6.92 Å². The molecule has 0 radical (unpaired) electrons. The van der Waals surface area contributed by atoms with Gasteiger partial charge in [0.2, 0.25) is 0 Å². The number of methoxy groups -OCH3 is 1. The zero-order valence-electron chi connectivity index (χ0n) is 10.9. The number of nitrogen functional groups attached to an aromatic ring is 1. The van der Waals surface area contributed by atoms with Gasteiger partial charge in [0.15, 0.2) is 0 Å². The molecule has 0 heterocycles. The van der Waals surface area contributed by atoms with Crippen LogP contribution in [0.4, 0.5) is 5.69 Å². The van der Waals surface area contributed by atoms with E-state index in [9.17, 15) is 4.79 Å². The van der Waals surface area contributed by atoms with Gasteiger partial charge in [-0.2, -0.15) is 0 Å². The highest BCUT2D eigenvalue weighted by atomic mass is 16.5. The molecule has 0 aromatic heterocycles. The average Bonchev–Trinajstić information content (AvgIpc) is 2.37. The van der Waals surface area contributed by atoms with E-state index >= 15 is 0 Å². The van der Waals surface area contributed by atoms with Crippen molar-refractivity contribution in [3.05, 3.63) is 23.8 Å². The van der Waals surface area contributed by atoms with E-state index in [4.69, 9.17) is 15.2 Å². The standard InChI is InChI=1S/C13H20N2O3/c1-3-15-13(16)10-5-6-11(14)12(9-10)18-8-4-7-17-2/h5-6,9H,3-4,7-8,14H2,1-2H3,(H,15,16). The fourth-order valence-electron chi connectivity index (χ4n) is 1.45. The Balaban J connectivity index is 2.66. The highest BCUT2D eigenvalue weighted by Crippen LogP contribution is 2.22. The zero-order valence-corrected chi connectivity index (χ0v) is 10.9. The van der Waals surface area contributed by atoms with Crippen molar-refractivity contribution in [2.45, 2.75) is 13.3 Å². The Labute approximate surface area is 107 Å². The summed E-state index contributed by atoms with van der Waals surface area (Å²) in [7, 11) is 1.64. The van der Waals surface area contributed by atoms with Gasteiger partial charge in [-0.3, -0.25) is 4.79 Å². The molecule has 0 atom stereocenters. The molecule has 0 aliphatic rings. The van der Waals surface area contributed by atoms with Crippen LogP contribution >= 0.6 is 0 Å². The maximum atomic E-state index is 11.7. The molecule has 0 aliphatic carbocycles. The highest BCUT2D eigenvalue weighted by Gasteiger charge is 2.08. The molecule has 100 valence electrons. The second-order valence-corrected chi connectivity index (χ2v) is 3.81. The molecular weight excluding hydrogens is 232 g/mol. The van der Waals surface area contributed by atoms with E-state index in [-0.39, 0.29) is 5.91 Å². The van der Waals surface area contributed by atoms with Gasteiger partial charge in [0, 0.05) is 32.2 Å². The number of nitrogens with two attached hydrogens (primary N) is 1. The lowest BCUT2D eigenvalue weighted by Crippen LogP contribution is -2.22. The molecule has 1 rings (SSSR count). The van der Waals surface area contributed by atoms with Crippen LogP contribution in [0.5, 0.6) is 5.75 Å². The molecule has 0 saturated carbocycles. The lowest BCUT2D eigenvalue weighted by Gasteiger charge is -2.10. The largest absolute Gasteiger partial charge is 0.491 e. The van der Waals surface area contributed by atoms with Crippen LogP contribution in [0.1, 0.15) is 23.7 Å². The number of nitrogens with one attached hydrogen (secondary N) is 1. The van der Waals surface area contributed by atoms with Crippen molar-refractivity contribution < 1.29 is 14.3 Å². The molecule has 5 heteroatoms. The molecule has 0 saturated heterocycles. The summed E-state index contributed by atoms with van der Waals surface area (Å²) >= 11 is 0. The zero-order chi connectivity index (χ0) is 13.4. The van der Waals surface area contributed by atoms with E-state index in [0.717, 1.165) is 6.42 Å². The monoisotopic (exact) mass is 252 g/mol. The number of carbonyl (C=O) groups excluding carboxylic acids is 1. The van der Waals surface area contributed by atoms with Gasteiger partial charge in [0.05, 0.1) is 12.3 Å². The van der Waals surface area contributed by atoms with Crippen LogP contribution in [0.15, 0.2) is 18.2 Å². The molecule has 3 N–H and O–H groups in total. The van der Waals surface area contributed by atoms with Gasteiger partial charge in [0.25, 0.3) is 5.91 Å². The van der Waals surface area contributed by atoms with Crippen molar-refractivity contribution in [1.29, 1.82) is 0 Å². The smallest absolute Gasteiger partial charge is 0.251 e. The first-order valence-corrected chi connectivity index (χ1v) is 5.98. The number of hydrogen-bond donors (Lipinski definition) is 2. The Kier molecular flexibility index (Phi) is 6.00. The van der Waals surface area contributed by atoms with Crippen LogP contribution in [0.25, 0.3) is 0 Å². The van der Waals surface area contributed by atoms with Crippen molar-refractivity contribution in [2.75, 3.05) is 32.6 Å². The molecule has 5 nitrogen and oxygen atoms in total. The molecular formula is C13H20N2O3. The van der Waals surface area contributed by atoms with Crippen molar-refractivity contribution in [1.82, 2.24) is 5.32 Å². The summed E-state index contributed by atoms with van der Waals surface area (Å²) in [6.45, 7) is 3.61. The maximum absolute atomic E-state index is 11.7. The van der Waals surface area contributed by atoms with Gasteiger partial charge < -0.3 is 20.5 Å². The quantitative estimate of drug-likeness (QED) is 0.569. The van der Waals surface area contributed by atoms with Crippen LogP contribution in [-0.4, -0.2) is 32.8 Å². The highest BCUT2D eigenvalue weighted by molar-refractivity contribution is 5.95. The molecule has 1 amide bonds. The fourth-order valence-corrected chi connectivity index (χ4v) is 1.45. The first-order chi connectivity index (χ1) is 8.69. The molecule has 0 aliphatic heterocycles. The summed E-state index contributed by atoms with van der Waals surface area (Å²) in [6, 6.07) is 5.02. The third kappa shape index (κ3) is 4.25. The van der Waals surface area contributed by atoms with Crippen LogP contribution < -0.4 is 15.8 Å². The van der Waals surface area contributed by atoms with Crippen molar-refractivity contribution in [3.8, 4) is 5.75 Å². The molecule has 0 unspecified atom stereocenters. The Hall–Kier alpha value is -1.75. The second kappa shape index (κ2) is 7.55. The number of carbonyl (C=O) groups is 1. The average molecular weight is 252 g/mol. The number of amides is 1. The number of hydrogen-bond acceptors (Lipinski definition) is 4. The summed E-state index contributed by atoms with van der Waals surface area (Å²) in [4.78, 5) is 11.7. The minimum atomic E-state index is -0.126. The van der Waals surface area contributed by atoms with E-state index in [2.05, 4.69) is 5.32 Å². The summed E-state index contributed by atoms with van der Waals surface area (Å²) in [5, 5.41) is 2.73. The van der Waals surface area contributed by atoms with Crippen molar-refractivity contribution >= 4 is 11.6 Å². The van der Waals surface area contributed by atoms with E-state index < -0.39 is 0 Å². The third-order valence-corrected chi connectivity index (χ3v) is 2.36. The normalized spacial score (nSPS) is 10.1. The first kappa shape index (κ1) is 14.3. The first-order valence-electron chi connectivity index (χ1n) is 5.98. The van der Waals surface area contributed by atoms with Gasteiger partial charge in [-0.25, -0.2) is 0 Å². The lowest BCUT2D eigenvalue weighted by atomic mass is 10.2. The predicted octanol–water partition coefficient (Wildman–Crippen LogP) is 1.43. The number of benzene rings is 1. The minimum Gasteiger partial charge on any atom is -0.491 e. The Morgan fingerprint density at radius 3 is 2.83 bits per heavy atom. The van der Waals surface area contributed by atoms with E-state index in [0.29, 0.717) is 36.8 Å². The van der Waals surface area contributed by atoms with E-state index in [1.165, 1.54) is 0 Å². The third-order valence-electron chi connectivity index (χ3n) is 2.36. The van der Waals surface area contributed by atoms with Crippen LogP contribution in [0.2, 0.25) is 0 Å². The summed E-state index contributed by atoms with van der Waals surface area (Å²) in [6.07, 6.45) is 0.779. The van der Waals surface area contributed by atoms with Crippen LogP contribution in [0, 0.1) is 0 Å².